The molecule has 0 aromatic heterocycles. The molecule has 1 heterocycles. The van der Waals surface area contributed by atoms with Crippen LogP contribution in [0.5, 0.6) is 5.75 Å². The zero-order valence-electron chi connectivity index (χ0n) is 31.2. The Morgan fingerprint density at radius 3 is 2.20 bits per heavy atom. The number of ether oxygens (including phenoxy) is 2. The topological polar surface area (TPSA) is 276 Å². The van der Waals surface area contributed by atoms with Gasteiger partial charge in [-0.1, -0.05) is 0 Å². The summed E-state index contributed by atoms with van der Waals surface area (Å²) in [7, 11) is 6.40. The highest BCUT2D eigenvalue weighted by molar-refractivity contribution is 6.25. The number of anilines is 2. The van der Waals surface area contributed by atoms with Crippen LogP contribution in [0.15, 0.2) is 28.7 Å². The van der Waals surface area contributed by atoms with Gasteiger partial charge in [0.05, 0.1) is 23.8 Å². The molecule has 1 fully saturated rings. The van der Waals surface area contributed by atoms with E-state index < -0.39 is 117 Å². The fraction of sp³-hybridized carbons (Fsp3) is 0.583. The van der Waals surface area contributed by atoms with E-state index in [0.29, 0.717) is 11.3 Å². The first-order valence-corrected chi connectivity index (χ1v) is 17.3. The summed E-state index contributed by atoms with van der Waals surface area (Å²) in [5.41, 5.74) is -4.29. The molecule has 1 saturated heterocycles. The second-order valence-corrected chi connectivity index (χ2v) is 15.7. The number of aliphatic hydroxyl groups excluding tert-OH is 4. The molecule has 0 radical (unpaired) electrons. The summed E-state index contributed by atoms with van der Waals surface area (Å²) in [6.45, 7) is 6.38. The molecule has 18 heteroatoms. The number of benzene rings is 1. The van der Waals surface area contributed by atoms with Crippen molar-refractivity contribution < 1.29 is 69.2 Å². The van der Waals surface area contributed by atoms with Gasteiger partial charge in [0.25, 0.3) is 0 Å². The number of phenols is 1. The first-order chi connectivity index (χ1) is 24.9. The Labute approximate surface area is 310 Å². The van der Waals surface area contributed by atoms with E-state index in [1.165, 1.54) is 25.1 Å². The van der Waals surface area contributed by atoms with Crippen LogP contribution in [0.25, 0.3) is 0 Å². The van der Waals surface area contributed by atoms with E-state index in [1.807, 2.05) is 20.8 Å². The van der Waals surface area contributed by atoms with E-state index in [-0.39, 0.29) is 30.6 Å². The number of Topliss-reactive ketones (excluding diaryl/α,β-unsaturated/α-hetero) is 3. The molecular weight excluding hydrogens is 712 g/mol. The van der Waals surface area contributed by atoms with Crippen molar-refractivity contribution in [1.82, 2.24) is 10.2 Å². The maximum atomic E-state index is 14.9. The third-order valence-electron chi connectivity index (χ3n) is 10.4. The number of likely N-dealkylation sites (N-methyl/N-ethyl adjacent to an activating group) is 1. The van der Waals surface area contributed by atoms with Gasteiger partial charge in [0.1, 0.15) is 35.4 Å². The maximum Gasteiger partial charge on any atom is 0.335 e. The number of aromatic hydroxyl groups is 1. The predicted molar refractivity (Wildman–Crippen MR) is 189 cm³/mol. The molecule has 4 aliphatic rings. The molecule has 0 bridgehead atoms. The molecule has 0 unspecified atom stereocenters. The van der Waals surface area contributed by atoms with Crippen molar-refractivity contribution in [3.63, 3.8) is 0 Å². The lowest BCUT2D eigenvalue weighted by atomic mass is 9.58. The van der Waals surface area contributed by atoms with Gasteiger partial charge in [-0.25, -0.2) is 4.79 Å². The number of rotatable bonds is 9. The number of aliphatic hydroxyl groups is 5. The average molecular weight is 761 g/mol. The number of hydrogen-bond acceptors (Lipinski definition) is 16. The van der Waals surface area contributed by atoms with E-state index in [0.717, 1.165) is 6.92 Å². The second kappa shape index (κ2) is 14.3. The van der Waals surface area contributed by atoms with Gasteiger partial charge in [0.2, 0.25) is 18.0 Å². The van der Waals surface area contributed by atoms with Crippen LogP contribution in [0.3, 0.4) is 0 Å². The van der Waals surface area contributed by atoms with Gasteiger partial charge >= 0.3 is 5.97 Å². The highest BCUT2D eigenvalue weighted by Gasteiger charge is 2.65. The lowest BCUT2D eigenvalue weighted by molar-refractivity contribution is -0.291. The van der Waals surface area contributed by atoms with Gasteiger partial charge in [-0.3, -0.25) is 24.1 Å². The Kier molecular flexibility index (Phi) is 10.8. The number of amides is 1. The van der Waals surface area contributed by atoms with Gasteiger partial charge in [-0.2, -0.15) is 0 Å². The fourth-order valence-corrected chi connectivity index (χ4v) is 7.83. The molecule has 54 heavy (non-hydrogen) atoms. The summed E-state index contributed by atoms with van der Waals surface area (Å²) in [5.74, 6) is -10.0. The Hall–Kier alpha value is -4.43. The monoisotopic (exact) mass is 760 g/mol. The molecule has 0 spiro atoms. The molecule has 5 rings (SSSR count). The largest absolute Gasteiger partial charge is 0.510 e. The smallest absolute Gasteiger partial charge is 0.335 e. The first-order valence-electron chi connectivity index (χ1n) is 17.3. The number of ketones is 3. The van der Waals surface area contributed by atoms with Crippen molar-refractivity contribution in [2.75, 3.05) is 45.0 Å². The van der Waals surface area contributed by atoms with Crippen molar-refractivity contribution in [2.45, 2.75) is 88.4 Å². The molecule has 296 valence electrons. The van der Waals surface area contributed by atoms with E-state index >= 15 is 0 Å². The van der Waals surface area contributed by atoms with Gasteiger partial charge in [-0.05, 0) is 72.2 Å². The highest BCUT2D eigenvalue weighted by Crippen LogP contribution is 2.55. The van der Waals surface area contributed by atoms with E-state index in [2.05, 4.69) is 10.6 Å². The number of carboxylic acids is 1. The number of carbonyl (C=O) groups excluding carboxylic acids is 4. The Morgan fingerprint density at radius 2 is 1.67 bits per heavy atom. The third-order valence-corrected chi connectivity index (χ3v) is 10.4. The van der Waals surface area contributed by atoms with Crippen LogP contribution in [-0.4, -0.2) is 152 Å². The molecule has 1 aromatic rings. The summed E-state index contributed by atoms with van der Waals surface area (Å²) in [6.07, 6.45) is -11.1. The normalized spacial score (nSPS) is 31.1. The Morgan fingerprint density at radius 1 is 1.04 bits per heavy atom. The van der Waals surface area contributed by atoms with Gasteiger partial charge < -0.3 is 60.8 Å². The highest BCUT2D eigenvalue weighted by atomic mass is 16.7. The van der Waals surface area contributed by atoms with Gasteiger partial charge in [0.15, 0.2) is 29.0 Å². The minimum atomic E-state index is -2.95. The Bertz CT molecular complexity index is 1850. The van der Waals surface area contributed by atoms with E-state index in [4.69, 9.17) is 9.47 Å². The van der Waals surface area contributed by atoms with Crippen LogP contribution in [-0.2, 0) is 35.1 Å². The van der Waals surface area contributed by atoms with Crippen LogP contribution in [0.1, 0.15) is 50.0 Å². The molecule has 9 atom stereocenters. The van der Waals surface area contributed by atoms with Crippen LogP contribution >= 0.6 is 0 Å². The standard InChI is InChI=1S/C36H48N4O14/c1-13(41)20-26(45)23(40(7)8)16-10-14-9-15-18(39(5)6)11-17(38-19(42)12-37-35(2,3)4)24(43)22(15)25(44)21(14)32(36(16,52)31(20)49)54-34-29(48)27(46)28(47)30(53-34)33(50)51/h11,14,16,23,27-30,34,37,43,45-48,52H,9-10,12H2,1-8H3,(H,38,42)(H,50,51)/t14-,16-,23+,27-,28-,29+,30-,34-,36+/m0/s1. The van der Waals surface area contributed by atoms with Gasteiger partial charge in [0, 0.05) is 36.8 Å². The summed E-state index contributed by atoms with van der Waals surface area (Å²) in [4.78, 5) is 70.2. The van der Waals surface area contributed by atoms with Crippen molar-refractivity contribution in [1.29, 1.82) is 0 Å². The molecule has 9 N–H and O–H groups in total. The summed E-state index contributed by atoms with van der Waals surface area (Å²) < 4.78 is 11.3. The number of carbonyl (C=O) groups is 5. The molecule has 1 aromatic carbocycles. The van der Waals surface area contributed by atoms with Crippen molar-refractivity contribution in [3.05, 3.63) is 39.9 Å². The molecule has 3 aliphatic carbocycles. The number of hydrogen-bond donors (Lipinski definition) is 9. The number of fused-ring (bicyclic) bond motifs is 3. The predicted octanol–water partition coefficient (Wildman–Crippen LogP) is -1.03. The van der Waals surface area contributed by atoms with Crippen LogP contribution in [0, 0.1) is 11.8 Å². The lowest BCUT2D eigenvalue weighted by Gasteiger charge is -2.52. The van der Waals surface area contributed by atoms with Gasteiger partial charge in [-0.15, -0.1) is 0 Å². The first kappa shape index (κ1) is 40.7. The molecule has 1 aliphatic heterocycles. The minimum Gasteiger partial charge on any atom is -0.510 e. The van der Waals surface area contributed by atoms with Crippen LogP contribution in [0.2, 0.25) is 0 Å². The summed E-state index contributed by atoms with van der Waals surface area (Å²) in [5, 5.41) is 82.9. The van der Waals surface area contributed by atoms with Crippen molar-refractivity contribution in [3.8, 4) is 5.75 Å². The second-order valence-electron chi connectivity index (χ2n) is 15.7. The van der Waals surface area contributed by atoms with Crippen molar-refractivity contribution >= 4 is 40.6 Å². The maximum absolute atomic E-state index is 14.9. The fourth-order valence-electron chi connectivity index (χ4n) is 7.83. The Balaban J connectivity index is 1.76. The number of allylic oxidation sites excluding steroid dienone is 1. The summed E-state index contributed by atoms with van der Waals surface area (Å²) in [6, 6.07) is 0.272. The number of phenolic OH excluding ortho intramolecular Hbond substituents is 1. The number of nitrogens with one attached hydrogen (secondary N) is 2. The van der Waals surface area contributed by atoms with E-state index in [1.54, 1.807) is 19.0 Å². The quantitative estimate of drug-likeness (QED) is 0.107. The molecule has 0 saturated carbocycles. The number of nitrogens with zero attached hydrogens (tertiary/aromatic N) is 2. The summed E-state index contributed by atoms with van der Waals surface area (Å²) >= 11 is 0. The number of carboxylic acid groups (broad SMARTS) is 1. The SMILES string of the molecule is CC(=O)C1=C(O)[C@H](N(C)C)[C@@H]2C[C@@H]3Cc4c(N(C)C)cc(NC(=O)CNC(C)(C)C)c(O)c4C(=O)C3=C(O[C@@H]3O[C@H](C(=O)O)[C@@H](O)[C@H](O)[C@H]3O)[C@]2(O)C1=O. The van der Waals surface area contributed by atoms with Crippen LogP contribution in [0.4, 0.5) is 11.4 Å². The molecular formula is C36H48N4O14. The average Bonchev–Trinajstić information content (AvgIpc) is 3.05. The zero-order valence-corrected chi connectivity index (χ0v) is 31.2. The van der Waals surface area contributed by atoms with Crippen molar-refractivity contribution in [2.24, 2.45) is 11.8 Å². The molecule has 1 amide bonds. The zero-order chi connectivity index (χ0) is 40.5. The lowest BCUT2D eigenvalue weighted by Crippen LogP contribution is -2.65. The van der Waals surface area contributed by atoms with Crippen LogP contribution < -0.4 is 15.5 Å². The number of aliphatic carboxylic acids is 1. The molecule has 18 nitrogen and oxygen atoms in total. The minimum absolute atomic E-state index is 0.0394. The van der Waals surface area contributed by atoms with E-state index in [9.17, 15) is 59.7 Å². The third kappa shape index (κ3) is 6.76.